The zero-order chi connectivity index (χ0) is 14.9. The van der Waals surface area contributed by atoms with Crippen LogP contribution in [0.1, 0.15) is 38.5 Å². The molecule has 116 valence electrons. The number of nitrogens with zero attached hydrogens (tertiary/aromatic N) is 3. The predicted molar refractivity (Wildman–Crippen MR) is 80.3 cm³/mol. The SMILES string of the molecule is NS(=O)(=O)c1cnc(N2CCC(CC3CCCC3)C2)nc1. The van der Waals surface area contributed by atoms with E-state index in [1.807, 2.05) is 0 Å². The third kappa shape index (κ3) is 3.52. The lowest BCUT2D eigenvalue weighted by molar-refractivity contribution is 0.399. The summed E-state index contributed by atoms with van der Waals surface area (Å²) in [5, 5.41) is 5.05. The number of anilines is 1. The molecule has 2 fully saturated rings. The zero-order valence-electron chi connectivity index (χ0n) is 12.1. The maximum Gasteiger partial charge on any atom is 0.241 e. The summed E-state index contributed by atoms with van der Waals surface area (Å²) in [5.74, 6) is 2.23. The molecule has 1 aromatic rings. The highest BCUT2D eigenvalue weighted by molar-refractivity contribution is 7.89. The molecular formula is C14H22N4O2S. The molecule has 2 heterocycles. The second-order valence-electron chi connectivity index (χ2n) is 6.25. The minimum Gasteiger partial charge on any atom is -0.341 e. The third-order valence-corrected chi connectivity index (χ3v) is 5.52. The van der Waals surface area contributed by atoms with Crippen molar-refractivity contribution in [2.75, 3.05) is 18.0 Å². The van der Waals surface area contributed by atoms with Crippen molar-refractivity contribution in [3.8, 4) is 0 Å². The van der Waals surface area contributed by atoms with Crippen LogP contribution in [0.15, 0.2) is 17.3 Å². The molecule has 0 spiro atoms. The van der Waals surface area contributed by atoms with Crippen LogP contribution in [0.3, 0.4) is 0 Å². The Morgan fingerprint density at radius 1 is 1.14 bits per heavy atom. The quantitative estimate of drug-likeness (QED) is 0.911. The van der Waals surface area contributed by atoms with Gasteiger partial charge in [0.1, 0.15) is 4.90 Å². The van der Waals surface area contributed by atoms with Crippen molar-refractivity contribution in [3.63, 3.8) is 0 Å². The molecule has 6 nitrogen and oxygen atoms in total. The average molecular weight is 310 g/mol. The molecule has 1 unspecified atom stereocenters. The molecule has 0 aromatic carbocycles. The molecule has 21 heavy (non-hydrogen) atoms. The van der Waals surface area contributed by atoms with Gasteiger partial charge >= 0.3 is 0 Å². The van der Waals surface area contributed by atoms with Gasteiger partial charge in [0.2, 0.25) is 16.0 Å². The Kier molecular flexibility index (Phi) is 4.12. The molecule has 7 heteroatoms. The first-order valence-electron chi connectivity index (χ1n) is 7.62. The summed E-state index contributed by atoms with van der Waals surface area (Å²) in [7, 11) is -3.71. The summed E-state index contributed by atoms with van der Waals surface area (Å²) >= 11 is 0. The average Bonchev–Trinajstić information content (AvgIpc) is 3.10. The Morgan fingerprint density at radius 2 is 1.81 bits per heavy atom. The van der Waals surface area contributed by atoms with E-state index in [0.29, 0.717) is 5.95 Å². The fourth-order valence-electron chi connectivity index (χ4n) is 3.54. The Bertz CT molecular complexity index is 581. The molecule has 0 amide bonds. The maximum absolute atomic E-state index is 11.2. The van der Waals surface area contributed by atoms with E-state index in [2.05, 4.69) is 14.9 Å². The van der Waals surface area contributed by atoms with Gasteiger partial charge in [0.15, 0.2) is 0 Å². The highest BCUT2D eigenvalue weighted by Crippen LogP contribution is 2.34. The van der Waals surface area contributed by atoms with E-state index < -0.39 is 10.0 Å². The van der Waals surface area contributed by atoms with Gasteiger partial charge in [0.25, 0.3) is 0 Å². The first-order valence-corrected chi connectivity index (χ1v) is 9.17. The van der Waals surface area contributed by atoms with E-state index in [9.17, 15) is 8.42 Å². The van der Waals surface area contributed by atoms with Crippen LogP contribution in [0.5, 0.6) is 0 Å². The summed E-state index contributed by atoms with van der Waals surface area (Å²) in [6, 6.07) is 0. The van der Waals surface area contributed by atoms with Gasteiger partial charge in [-0.05, 0) is 24.7 Å². The van der Waals surface area contributed by atoms with Crippen molar-refractivity contribution in [2.24, 2.45) is 17.0 Å². The largest absolute Gasteiger partial charge is 0.341 e. The second kappa shape index (κ2) is 5.88. The minimum atomic E-state index is -3.71. The molecule has 1 aromatic heterocycles. The maximum atomic E-state index is 11.2. The lowest BCUT2D eigenvalue weighted by Gasteiger charge is -2.18. The monoisotopic (exact) mass is 310 g/mol. The fraction of sp³-hybridized carbons (Fsp3) is 0.714. The number of aromatic nitrogens is 2. The molecule has 2 aliphatic rings. The topological polar surface area (TPSA) is 89.2 Å². The Morgan fingerprint density at radius 3 is 2.43 bits per heavy atom. The Balaban J connectivity index is 1.60. The van der Waals surface area contributed by atoms with Crippen molar-refractivity contribution in [1.29, 1.82) is 0 Å². The standard InChI is InChI=1S/C14H22N4O2S/c15-21(19,20)13-8-16-14(17-9-13)18-6-5-12(10-18)7-11-3-1-2-4-11/h8-9,11-12H,1-7,10H2,(H2,15,19,20). The first-order chi connectivity index (χ1) is 10.0. The minimum absolute atomic E-state index is 0.0343. The molecular weight excluding hydrogens is 288 g/mol. The highest BCUT2D eigenvalue weighted by Gasteiger charge is 2.28. The van der Waals surface area contributed by atoms with Gasteiger partial charge in [-0.3, -0.25) is 0 Å². The van der Waals surface area contributed by atoms with Crippen molar-refractivity contribution in [3.05, 3.63) is 12.4 Å². The predicted octanol–water partition coefficient (Wildman–Crippen LogP) is 1.53. The Hall–Kier alpha value is -1.21. The summed E-state index contributed by atoms with van der Waals surface area (Å²) in [6.07, 6.45) is 10.6. The van der Waals surface area contributed by atoms with Gasteiger partial charge in [0.05, 0.1) is 12.4 Å². The fourth-order valence-corrected chi connectivity index (χ4v) is 3.94. The second-order valence-corrected chi connectivity index (χ2v) is 7.81. The molecule has 1 aliphatic heterocycles. The van der Waals surface area contributed by atoms with Crippen LogP contribution in [0, 0.1) is 11.8 Å². The molecule has 3 rings (SSSR count). The molecule has 1 atom stereocenters. The van der Waals surface area contributed by atoms with Crippen molar-refractivity contribution >= 4 is 16.0 Å². The van der Waals surface area contributed by atoms with Gasteiger partial charge in [-0.2, -0.15) is 0 Å². The van der Waals surface area contributed by atoms with Crippen LogP contribution in [0.4, 0.5) is 5.95 Å². The summed E-state index contributed by atoms with van der Waals surface area (Å²) < 4.78 is 22.4. The lowest BCUT2D eigenvalue weighted by atomic mass is 9.93. The van der Waals surface area contributed by atoms with E-state index in [1.165, 1.54) is 50.9 Å². The number of rotatable bonds is 4. The molecule has 2 N–H and O–H groups in total. The summed E-state index contributed by atoms with van der Waals surface area (Å²) in [6.45, 7) is 1.93. The number of hydrogen-bond donors (Lipinski definition) is 1. The van der Waals surface area contributed by atoms with Gasteiger partial charge in [0, 0.05) is 13.1 Å². The number of hydrogen-bond acceptors (Lipinski definition) is 5. The molecule has 0 bridgehead atoms. The third-order valence-electron chi connectivity index (χ3n) is 4.65. The van der Waals surface area contributed by atoms with Crippen LogP contribution in [0.25, 0.3) is 0 Å². The molecule has 0 radical (unpaired) electrons. The van der Waals surface area contributed by atoms with Gasteiger partial charge < -0.3 is 4.90 Å². The molecule has 1 saturated heterocycles. The number of sulfonamides is 1. The van der Waals surface area contributed by atoms with E-state index >= 15 is 0 Å². The van der Waals surface area contributed by atoms with Crippen LogP contribution in [0.2, 0.25) is 0 Å². The van der Waals surface area contributed by atoms with Gasteiger partial charge in [-0.1, -0.05) is 25.7 Å². The van der Waals surface area contributed by atoms with Crippen molar-refractivity contribution in [2.45, 2.75) is 43.4 Å². The van der Waals surface area contributed by atoms with Crippen molar-refractivity contribution < 1.29 is 8.42 Å². The number of primary sulfonamides is 1. The van der Waals surface area contributed by atoms with Crippen LogP contribution in [-0.2, 0) is 10.0 Å². The smallest absolute Gasteiger partial charge is 0.241 e. The summed E-state index contributed by atoms with van der Waals surface area (Å²) in [5.41, 5.74) is 0. The van der Waals surface area contributed by atoms with Crippen LogP contribution < -0.4 is 10.0 Å². The van der Waals surface area contributed by atoms with E-state index in [0.717, 1.165) is 24.9 Å². The van der Waals surface area contributed by atoms with Crippen LogP contribution >= 0.6 is 0 Å². The lowest BCUT2D eigenvalue weighted by Crippen LogP contribution is -2.23. The summed E-state index contributed by atoms with van der Waals surface area (Å²) in [4.78, 5) is 10.4. The van der Waals surface area contributed by atoms with E-state index in [-0.39, 0.29) is 4.90 Å². The van der Waals surface area contributed by atoms with Crippen molar-refractivity contribution in [1.82, 2.24) is 9.97 Å². The Labute approximate surface area is 125 Å². The van der Waals surface area contributed by atoms with Gasteiger partial charge in [-0.15, -0.1) is 0 Å². The van der Waals surface area contributed by atoms with Crippen LogP contribution in [-0.4, -0.2) is 31.5 Å². The zero-order valence-corrected chi connectivity index (χ0v) is 12.9. The molecule has 1 aliphatic carbocycles. The number of nitrogens with two attached hydrogens (primary N) is 1. The first kappa shape index (κ1) is 14.7. The highest BCUT2D eigenvalue weighted by atomic mass is 32.2. The van der Waals surface area contributed by atoms with Gasteiger partial charge in [-0.25, -0.2) is 23.5 Å². The van der Waals surface area contributed by atoms with E-state index in [1.54, 1.807) is 0 Å². The normalized spacial score (nSPS) is 23.9. The van der Waals surface area contributed by atoms with E-state index in [4.69, 9.17) is 5.14 Å². The molecule has 1 saturated carbocycles.